The monoisotopic (exact) mass is 427 g/mol. The van der Waals surface area contributed by atoms with Crippen molar-refractivity contribution < 1.29 is 14.3 Å². The molecule has 0 bridgehead atoms. The lowest BCUT2D eigenvalue weighted by Gasteiger charge is -2.64. The molecule has 8 heteroatoms. The van der Waals surface area contributed by atoms with Gasteiger partial charge in [-0.3, -0.25) is 14.6 Å². The van der Waals surface area contributed by atoms with Crippen molar-refractivity contribution >= 4 is 17.6 Å². The molecule has 31 heavy (non-hydrogen) atoms. The van der Waals surface area contributed by atoms with Gasteiger partial charge >= 0.3 is 6.03 Å². The van der Waals surface area contributed by atoms with E-state index in [2.05, 4.69) is 15.1 Å². The first-order valence-corrected chi connectivity index (χ1v) is 11.5. The molecule has 0 aliphatic carbocycles. The second-order valence-electron chi connectivity index (χ2n) is 9.47. The molecule has 4 saturated heterocycles. The molecule has 5 rings (SSSR count). The Morgan fingerprint density at radius 1 is 1.00 bits per heavy atom. The lowest BCUT2D eigenvalue weighted by Crippen LogP contribution is -2.82. The van der Waals surface area contributed by atoms with E-state index >= 15 is 0 Å². The van der Waals surface area contributed by atoms with Crippen molar-refractivity contribution in [2.45, 2.75) is 37.4 Å². The fourth-order valence-corrected chi connectivity index (χ4v) is 5.87. The van der Waals surface area contributed by atoms with Crippen LogP contribution >= 0.6 is 0 Å². The number of fused-ring (bicyclic) bond motifs is 2. The normalized spacial score (nSPS) is 26.9. The Morgan fingerprint density at radius 3 is 2.45 bits per heavy atom. The predicted octanol–water partition coefficient (Wildman–Crippen LogP) is 1.30. The number of amides is 3. The number of carbonyl (C=O) groups is 2. The molecule has 4 aliphatic heterocycles. The molecule has 0 aromatic heterocycles. The van der Waals surface area contributed by atoms with E-state index in [1.165, 1.54) is 0 Å². The van der Waals surface area contributed by atoms with Crippen LogP contribution in [0.4, 0.5) is 10.5 Å². The Morgan fingerprint density at radius 2 is 1.74 bits per heavy atom. The summed E-state index contributed by atoms with van der Waals surface area (Å²) in [5.41, 5.74) is 0.842. The number of hydrogen-bond acceptors (Lipinski definition) is 5. The summed E-state index contributed by atoms with van der Waals surface area (Å²) in [6, 6.07) is 10.4. The molecule has 8 nitrogen and oxygen atoms in total. The average molecular weight is 428 g/mol. The van der Waals surface area contributed by atoms with Crippen molar-refractivity contribution in [3.05, 3.63) is 30.3 Å². The summed E-state index contributed by atoms with van der Waals surface area (Å²) in [6.07, 6.45) is 2.08. The minimum atomic E-state index is -0.0241. The number of piperazine rings is 1. The number of para-hydroxylation sites is 1. The van der Waals surface area contributed by atoms with Crippen LogP contribution in [0.3, 0.4) is 0 Å². The van der Waals surface area contributed by atoms with Gasteiger partial charge in [0.2, 0.25) is 5.91 Å². The number of rotatable bonds is 2. The van der Waals surface area contributed by atoms with Gasteiger partial charge in [-0.05, 0) is 25.0 Å². The highest BCUT2D eigenvalue weighted by molar-refractivity contribution is 5.89. The van der Waals surface area contributed by atoms with Crippen LogP contribution < -0.4 is 5.32 Å². The van der Waals surface area contributed by atoms with Crippen LogP contribution in [-0.4, -0.2) is 108 Å². The van der Waals surface area contributed by atoms with Gasteiger partial charge in [0.1, 0.15) is 0 Å². The molecule has 1 N–H and O–H groups in total. The van der Waals surface area contributed by atoms with Crippen molar-refractivity contribution in [2.24, 2.45) is 0 Å². The van der Waals surface area contributed by atoms with E-state index in [9.17, 15) is 9.59 Å². The van der Waals surface area contributed by atoms with Gasteiger partial charge in [-0.2, -0.15) is 0 Å². The van der Waals surface area contributed by atoms with Gasteiger partial charge in [0.25, 0.3) is 0 Å². The molecule has 3 amide bonds. The minimum Gasteiger partial charge on any atom is -0.378 e. The van der Waals surface area contributed by atoms with Crippen LogP contribution in [0.25, 0.3) is 0 Å². The summed E-state index contributed by atoms with van der Waals surface area (Å²) in [5.74, 6) is 0.182. The molecule has 0 saturated carbocycles. The van der Waals surface area contributed by atoms with Crippen molar-refractivity contribution in [3.8, 4) is 0 Å². The summed E-state index contributed by atoms with van der Waals surface area (Å²) < 4.78 is 5.77. The number of nitrogens with zero attached hydrogens (tertiary/aromatic N) is 4. The number of urea groups is 1. The maximum Gasteiger partial charge on any atom is 0.321 e. The number of hydrogen-bond donors (Lipinski definition) is 1. The fourth-order valence-electron chi connectivity index (χ4n) is 5.87. The highest BCUT2D eigenvalue weighted by atomic mass is 16.5. The molecule has 4 heterocycles. The summed E-state index contributed by atoms with van der Waals surface area (Å²) in [5, 5.41) is 3.06. The highest BCUT2D eigenvalue weighted by Crippen LogP contribution is 2.38. The molecular formula is C23H33N5O3. The van der Waals surface area contributed by atoms with Crippen LogP contribution in [0.1, 0.15) is 19.8 Å². The molecule has 0 radical (unpaired) electrons. The quantitative estimate of drug-likeness (QED) is 0.771. The zero-order valence-electron chi connectivity index (χ0n) is 18.3. The Labute approximate surface area is 184 Å². The van der Waals surface area contributed by atoms with E-state index < -0.39 is 0 Å². The SMILES string of the molecule is CC(=O)N1CCC(N2CC3(CN(C(=O)Nc4ccccc4)C[C@@H]4COCCN43)C2)CC1. The molecule has 1 atom stereocenters. The van der Waals surface area contributed by atoms with Gasteiger partial charge in [-0.1, -0.05) is 18.2 Å². The number of carbonyl (C=O) groups excluding carboxylic acids is 2. The van der Waals surface area contributed by atoms with Crippen LogP contribution in [0.5, 0.6) is 0 Å². The van der Waals surface area contributed by atoms with E-state index in [1.807, 2.05) is 40.1 Å². The highest BCUT2D eigenvalue weighted by Gasteiger charge is 2.56. The smallest absolute Gasteiger partial charge is 0.321 e. The summed E-state index contributed by atoms with van der Waals surface area (Å²) in [4.78, 5) is 33.8. The Bertz CT molecular complexity index is 805. The van der Waals surface area contributed by atoms with Crippen LogP contribution in [0.2, 0.25) is 0 Å². The lowest BCUT2D eigenvalue weighted by atomic mass is 9.80. The summed E-state index contributed by atoms with van der Waals surface area (Å²) >= 11 is 0. The van der Waals surface area contributed by atoms with Crippen molar-refractivity contribution in [1.82, 2.24) is 19.6 Å². The predicted molar refractivity (Wildman–Crippen MR) is 118 cm³/mol. The zero-order chi connectivity index (χ0) is 21.4. The first-order valence-electron chi connectivity index (χ1n) is 11.5. The minimum absolute atomic E-state index is 0.0123. The maximum atomic E-state index is 13.1. The van der Waals surface area contributed by atoms with Gasteiger partial charge in [-0.25, -0.2) is 4.79 Å². The number of ether oxygens (including phenoxy) is 1. The third-order valence-corrected chi connectivity index (χ3v) is 7.49. The lowest BCUT2D eigenvalue weighted by molar-refractivity contribution is -0.168. The van der Waals surface area contributed by atoms with Gasteiger partial charge in [0.05, 0.1) is 24.8 Å². The zero-order valence-corrected chi connectivity index (χ0v) is 18.3. The number of likely N-dealkylation sites (tertiary alicyclic amines) is 2. The van der Waals surface area contributed by atoms with Crippen molar-refractivity contribution in [2.75, 3.05) is 64.3 Å². The van der Waals surface area contributed by atoms with E-state index in [0.29, 0.717) is 19.2 Å². The van der Waals surface area contributed by atoms with Crippen LogP contribution in [0.15, 0.2) is 30.3 Å². The summed E-state index contributed by atoms with van der Waals surface area (Å²) in [7, 11) is 0. The Balaban J connectivity index is 1.25. The van der Waals surface area contributed by atoms with E-state index in [1.54, 1.807) is 6.92 Å². The van der Waals surface area contributed by atoms with E-state index in [-0.39, 0.29) is 23.5 Å². The largest absolute Gasteiger partial charge is 0.378 e. The van der Waals surface area contributed by atoms with Gasteiger partial charge < -0.3 is 19.9 Å². The number of benzene rings is 1. The first kappa shape index (κ1) is 20.7. The Hall–Kier alpha value is -2.16. The summed E-state index contributed by atoms with van der Waals surface area (Å²) in [6.45, 7) is 9.21. The fraction of sp³-hybridized carbons (Fsp3) is 0.652. The number of nitrogens with one attached hydrogen (secondary N) is 1. The molecule has 1 aromatic rings. The maximum absolute atomic E-state index is 13.1. The number of anilines is 1. The molecule has 4 fully saturated rings. The third-order valence-electron chi connectivity index (χ3n) is 7.49. The van der Waals surface area contributed by atoms with Crippen LogP contribution in [0, 0.1) is 0 Å². The molecule has 0 unspecified atom stereocenters. The van der Waals surface area contributed by atoms with Crippen LogP contribution in [-0.2, 0) is 9.53 Å². The van der Waals surface area contributed by atoms with E-state index in [0.717, 1.165) is 64.4 Å². The number of piperidine rings is 1. The molecule has 4 aliphatic rings. The second kappa shape index (κ2) is 8.41. The first-order chi connectivity index (χ1) is 15.0. The van der Waals surface area contributed by atoms with Gasteiger partial charge in [0, 0.05) is 64.5 Å². The molecule has 168 valence electrons. The average Bonchev–Trinajstić information content (AvgIpc) is 2.77. The second-order valence-corrected chi connectivity index (χ2v) is 9.47. The molecular weight excluding hydrogens is 394 g/mol. The topological polar surface area (TPSA) is 68.4 Å². The molecule has 1 spiro atoms. The third kappa shape index (κ3) is 4.04. The Kier molecular flexibility index (Phi) is 5.62. The standard InChI is InChI=1S/C23H33N5O3/c1-18(29)25-9-7-20(8-10-25)27-16-23(17-27)15-26(13-21-14-31-12-11-28(21)23)22(30)24-19-5-3-2-4-6-19/h2-6,20-21H,7-17H2,1H3,(H,24,30)/t21-/m1/s1. The van der Waals surface area contributed by atoms with Crippen molar-refractivity contribution in [1.29, 1.82) is 0 Å². The molecule has 1 aromatic carbocycles. The van der Waals surface area contributed by atoms with Crippen molar-refractivity contribution in [3.63, 3.8) is 0 Å². The number of morpholine rings is 1. The van der Waals surface area contributed by atoms with E-state index in [4.69, 9.17) is 4.74 Å². The van der Waals surface area contributed by atoms with Gasteiger partial charge in [0.15, 0.2) is 0 Å². The van der Waals surface area contributed by atoms with Gasteiger partial charge in [-0.15, -0.1) is 0 Å².